The Bertz CT molecular complexity index is 148. The molecule has 0 saturated heterocycles. The van der Waals surface area contributed by atoms with Gasteiger partial charge in [-0.2, -0.15) is 0 Å². The van der Waals surface area contributed by atoms with Gasteiger partial charge in [0.25, 0.3) is 0 Å². The molecular formula is C8H17ClN2O. The quantitative estimate of drug-likeness (QED) is 0.610. The van der Waals surface area contributed by atoms with E-state index >= 15 is 0 Å². The first-order valence-electron chi connectivity index (χ1n) is 3.60. The molecule has 3 nitrogen and oxygen atoms in total. The Kier molecular flexibility index (Phi) is 8.32. The maximum absolute atomic E-state index is 10.9. The van der Waals surface area contributed by atoms with Crippen molar-refractivity contribution in [3.05, 3.63) is 12.7 Å². The minimum Gasteiger partial charge on any atom is -0.341 e. The second kappa shape index (κ2) is 7.13. The highest BCUT2D eigenvalue weighted by molar-refractivity contribution is 5.86. The molecule has 0 rings (SSSR count). The molecule has 0 heterocycles. The predicted molar refractivity (Wildman–Crippen MR) is 53.6 cm³/mol. The summed E-state index contributed by atoms with van der Waals surface area (Å²) >= 11 is 0. The first kappa shape index (κ1) is 14.0. The summed E-state index contributed by atoms with van der Waals surface area (Å²) in [4.78, 5) is 14.6. The van der Waals surface area contributed by atoms with Crippen molar-refractivity contribution in [1.82, 2.24) is 9.80 Å². The summed E-state index contributed by atoms with van der Waals surface area (Å²) in [5.41, 5.74) is 0. The van der Waals surface area contributed by atoms with Crippen LogP contribution in [0.4, 0.5) is 0 Å². The zero-order valence-electron chi connectivity index (χ0n) is 7.91. The van der Waals surface area contributed by atoms with Crippen molar-refractivity contribution in [1.29, 1.82) is 0 Å². The van der Waals surface area contributed by atoms with Gasteiger partial charge in [0.2, 0.25) is 5.91 Å². The molecule has 4 heteroatoms. The van der Waals surface area contributed by atoms with E-state index in [0.29, 0.717) is 0 Å². The molecule has 0 fully saturated rings. The van der Waals surface area contributed by atoms with E-state index < -0.39 is 0 Å². The molecule has 72 valence electrons. The minimum atomic E-state index is -0.0214. The lowest BCUT2D eigenvalue weighted by molar-refractivity contribution is -0.124. The predicted octanol–water partition coefficient (Wildman–Crippen LogP) is 0.614. The lowest BCUT2D eigenvalue weighted by atomic mass is 10.4. The molecule has 0 aromatic carbocycles. The van der Waals surface area contributed by atoms with E-state index in [0.717, 1.165) is 13.1 Å². The summed E-state index contributed by atoms with van der Waals surface area (Å²) in [5, 5.41) is 0. The van der Waals surface area contributed by atoms with Crippen molar-refractivity contribution < 1.29 is 4.79 Å². The molecule has 0 spiro atoms. The maximum Gasteiger partial charge on any atom is 0.245 e. The van der Waals surface area contributed by atoms with Crippen LogP contribution in [0.3, 0.4) is 0 Å². The Morgan fingerprint density at radius 2 is 1.83 bits per heavy atom. The van der Waals surface area contributed by atoms with Gasteiger partial charge in [0, 0.05) is 20.1 Å². The molecule has 0 N–H and O–H groups in total. The van der Waals surface area contributed by atoms with Gasteiger partial charge in [-0.25, -0.2) is 0 Å². The topological polar surface area (TPSA) is 23.6 Å². The summed E-state index contributed by atoms with van der Waals surface area (Å²) in [6.07, 6.45) is 1.33. The molecule has 0 aromatic rings. The molecule has 0 radical (unpaired) electrons. The minimum absolute atomic E-state index is 0. The Labute approximate surface area is 80.4 Å². The average molecular weight is 193 g/mol. The first-order chi connectivity index (χ1) is 5.07. The van der Waals surface area contributed by atoms with Crippen LogP contribution in [0.2, 0.25) is 0 Å². The zero-order valence-corrected chi connectivity index (χ0v) is 8.73. The number of amides is 1. The SMILES string of the molecule is C=CC(=O)N(C)CCN(C)C.Cl. The number of hydrogen-bond donors (Lipinski definition) is 0. The van der Waals surface area contributed by atoms with Crippen LogP contribution in [0.5, 0.6) is 0 Å². The number of likely N-dealkylation sites (N-methyl/N-ethyl adjacent to an activating group) is 2. The summed E-state index contributed by atoms with van der Waals surface area (Å²) in [6, 6.07) is 0. The van der Waals surface area contributed by atoms with Crippen molar-refractivity contribution in [3.63, 3.8) is 0 Å². The molecule has 0 aliphatic carbocycles. The third kappa shape index (κ3) is 6.19. The van der Waals surface area contributed by atoms with Gasteiger partial charge < -0.3 is 9.80 Å². The summed E-state index contributed by atoms with van der Waals surface area (Å²) in [5.74, 6) is -0.0214. The molecule has 1 amide bonds. The fraction of sp³-hybridized carbons (Fsp3) is 0.625. The molecule has 0 aliphatic heterocycles. The zero-order chi connectivity index (χ0) is 8.85. The summed E-state index contributed by atoms with van der Waals surface area (Å²) in [6.45, 7) is 5.04. The Morgan fingerprint density at radius 3 is 2.17 bits per heavy atom. The Hall–Kier alpha value is -0.540. The lowest BCUT2D eigenvalue weighted by Gasteiger charge is -2.17. The van der Waals surface area contributed by atoms with E-state index in [-0.39, 0.29) is 18.3 Å². The average Bonchev–Trinajstić information content (AvgIpc) is 1.98. The molecular weight excluding hydrogens is 176 g/mol. The van der Waals surface area contributed by atoms with E-state index in [4.69, 9.17) is 0 Å². The highest BCUT2D eigenvalue weighted by Gasteiger charge is 2.02. The van der Waals surface area contributed by atoms with Crippen LogP contribution in [0.25, 0.3) is 0 Å². The number of halogens is 1. The van der Waals surface area contributed by atoms with Crippen molar-refractivity contribution in [2.75, 3.05) is 34.2 Å². The summed E-state index contributed by atoms with van der Waals surface area (Å²) < 4.78 is 0. The van der Waals surface area contributed by atoms with E-state index in [1.165, 1.54) is 6.08 Å². The highest BCUT2D eigenvalue weighted by atomic mass is 35.5. The third-order valence-corrected chi connectivity index (χ3v) is 1.43. The van der Waals surface area contributed by atoms with Crippen molar-refractivity contribution >= 4 is 18.3 Å². The van der Waals surface area contributed by atoms with E-state index in [1.54, 1.807) is 11.9 Å². The first-order valence-corrected chi connectivity index (χ1v) is 3.60. The van der Waals surface area contributed by atoms with Gasteiger partial charge in [0.15, 0.2) is 0 Å². The number of carbonyl (C=O) groups is 1. The number of nitrogens with zero attached hydrogens (tertiary/aromatic N) is 2. The van der Waals surface area contributed by atoms with Crippen LogP contribution in [-0.4, -0.2) is 49.9 Å². The van der Waals surface area contributed by atoms with Gasteiger partial charge in [0.1, 0.15) is 0 Å². The maximum atomic E-state index is 10.9. The van der Waals surface area contributed by atoms with Gasteiger partial charge in [-0.05, 0) is 20.2 Å². The van der Waals surface area contributed by atoms with Crippen molar-refractivity contribution in [2.45, 2.75) is 0 Å². The smallest absolute Gasteiger partial charge is 0.245 e. The van der Waals surface area contributed by atoms with Crippen LogP contribution in [0.15, 0.2) is 12.7 Å². The third-order valence-electron chi connectivity index (χ3n) is 1.43. The van der Waals surface area contributed by atoms with Crippen LogP contribution >= 0.6 is 12.4 Å². The standard InChI is InChI=1S/C8H16N2O.ClH/c1-5-8(11)10(4)7-6-9(2)3;/h5H,1,6-7H2,2-4H3;1H. The van der Waals surface area contributed by atoms with Crippen LogP contribution in [-0.2, 0) is 4.79 Å². The number of rotatable bonds is 4. The van der Waals surface area contributed by atoms with Crippen LogP contribution in [0.1, 0.15) is 0 Å². The Balaban J connectivity index is 0. The highest BCUT2D eigenvalue weighted by Crippen LogP contribution is 1.85. The van der Waals surface area contributed by atoms with Crippen molar-refractivity contribution in [3.8, 4) is 0 Å². The van der Waals surface area contributed by atoms with E-state index in [9.17, 15) is 4.79 Å². The van der Waals surface area contributed by atoms with E-state index in [1.807, 2.05) is 19.0 Å². The van der Waals surface area contributed by atoms with Gasteiger partial charge in [-0.1, -0.05) is 6.58 Å². The van der Waals surface area contributed by atoms with Crippen LogP contribution < -0.4 is 0 Å². The summed E-state index contributed by atoms with van der Waals surface area (Å²) in [7, 11) is 5.73. The molecule has 0 saturated carbocycles. The van der Waals surface area contributed by atoms with Gasteiger partial charge >= 0.3 is 0 Å². The molecule has 0 unspecified atom stereocenters. The molecule has 0 atom stereocenters. The molecule has 12 heavy (non-hydrogen) atoms. The second-order valence-corrected chi connectivity index (χ2v) is 2.77. The Morgan fingerprint density at radius 1 is 1.33 bits per heavy atom. The van der Waals surface area contributed by atoms with Crippen LogP contribution in [0, 0.1) is 0 Å². The molecule has 0 aliphatic rings. The molecule has 0 bridgehead atoms. The molecule has 0 aromatic heterocycles. The fourth-order valence-electron chi connectivity index (χ4n) is 0.616. The monoisotopic (exact) mass is 192 g/mol. The normalized spacial score (nSPS) is 9.00. The number of carbonyl (C=O) groups excluding carboxylic acids is 1. The lowest BCUT2D eigenvalue weighted by Crippen LogP contribution is -2.32. The van der Waals surface area contributed by atoms with Gasteiger partial charge in [-0.3, -0.25) is 4.79 Å². The second-order valence-electron chi connectivity index (χ2n) is 2.77. The van der Waals surface area contributed by atoms with Gasteiger partial charge in [-0.15, -0.1) is 12.4 Å². The van der Waals surface area contributed by atoms with Crippen molar-refractivity contribution in [2.24, 2.45) is 0 Å². The van der Waals surface area contributed by atoms with E-state index in [2.05, 4.69) is 6.58 Å². The number of hydrogen-bond acceptors (Lipinski definition) is 2. The van der Waals surface area contributed by atoms with Gasteiger partial charge in [0.05, 0.1) is 0 Å². The fourth-order valence-corrected chi connectivity index (χ4v) is 0.616. The largest absolute Gasteiger partial charge is 0.341 e.